The number of nitrogens with zero attached hydrogens (tertiary/aromatic N) is 1. The summed E-state index contributed by atoms with van der Waals surface area (Å²) in [6.45, 7) is 0.501. The molecule has 0 spiro atoms. The third-order valence-corrected chi connectivity index (χ3v) is 3.95. The molecule has 1 heterocycles. The number of carbonyl (C=O) groups excluding carboxylic acids is 1. The lowest BCUT2D eigenvalue weighted by molar-refractivity contribution is 0.100. The number of fused-ring (bicyclic) bond motifs is 1. The summed E-state index contributed by atoms with van der Waals surface area (Å²) in [6.07, 6.45) is 0. The van der Waals surface area contributed by atoms with E-state index in [4.69, 9.17) is 22.1 Å². The van der Waals surface area contributed by atoms with Gasteiger partial charge in [-0.05, 0) is 24.3 Å². The molecule has 0 aliphatic heterocycles. The molecule has 0 unspecified atom stereocenters. The maximum absolute atomic E-state index is 13.4. The topological polar surface area (TPSA) is 77.5 Å². The van der Waals surface area contributed by atoms with Gasteiger partial charge in [0.25, 0.3) is 0 Å². The molecule has 2 aromatic carbocycles. The average Bonchev–Trinajstić information content (AvgIpc) is 2.86. The number of carbonyl (C=O) groups is 1. The minimum absolute atomic E-state index is 0.0235. The molecular weight excluding hydrogens is 335 g/mol. The van der Waals surface area contributed by atoms with Crippen LogP contribution >= 0.6 is 11.6 Å². The summed E-state index contributed by atoms with van der Waals surface area (Å²) in [5, 5.41) is 10.9. The Morgan fingerprint density at radius 1 is 1.25 bits per heavy atom. The Balaban J connectivity index is 1.79. The lowest BCUT2D eigenvalue weighted by Crippen LogP contribution is -2.11. The van der Waals surface area contributed by atoms with E-state index in [-0.39, 0.29) is 17.5 Å². The van der Waals surface area contributed by atoms with Gasteiger partial charge in [0.2, 0.25) is 5.91 Å². The van der Waals surface area contributed by atoms with Gasteiger partial charge in [-0.25, -0.2) is 4.39 Å². The number of benzene rings is 2. The third-order valence-electron chi connectivity index (χ3n) is 3.64. The fourth-order valence-electron chi connectivity index (χ4n) is 2.45. The molecule has 0 fully saturated rings. The molecule has 0 aliphatic carbocycles. The smallest absolute Gasteiger partial charge is 0.248 e. The van der Waals surface area contributed by atoms with Crippen molar-refractivity contribution in [3.63, 3.8) is 0 Å². The van der Waals surface area contributed by atoms with Crippen molar-refractivity contribution in [2.24, 2.45) is 5.73 Å². The monoisotopic (exact) mass is 348 g/mol. The highest BCUT2D eigenvalue weighted by Crippen LogP contribution is 2.26. The Kier molecular flexibility index (Phi) is 4.31. The van der Waals surface area contributed by atoms with Crippen LogP contribution in [-0.2, 0) is 6.54 Å². The van der Waals surface area contributed by atoms with Gasteiger partial charge >= 0.3 is 0 Å². The van der Waals surface area contributed by atoms with Crippen LogP contribution in [0.5, 0.6) is 11.6 Å². The summed E-state index contributed by atoms with van der Waals surface area (Å²) < 4.78 is 20.4. The molecule has 1 aromatic heterocycles. The number of aromatic nitrogens is 1. The fraction of sp³-hybridized carbons (Fsp3) is 0.118. The van der Waals surface area contributed by atoms with Crippen LogP contribution in [0.4, 0.5) is 4.39 Å². The molecule has 7 heteroatoms. The SMILES string of the molecule is NC(=O)c1ccc2cc(O)n(CCOc3ccc(Cl)c(F)c3)c2c1. The average molecular weight is 349 g/mol. The van der Waals surface area contributed by atoms with Crippen LogP contribution in [-0.4, -0.2) is 22.2 Å². The van der Waals surface area contributed by atoms with E-state index in [2.05, 4.69) is 0 Å². The van der Waals surface area contributed by atoms with Gasteiger partial charge in [-0.15, -0.1) is 0 Å². The second kappa shape index (κ2) is 6.41. The first-order chi connectivity index (χ1) is 11.5. The standard InChI is InChI=1S/C17H14ClFN2O3/c18-13-4-3-12(9-14(13)19)24-6-5-21-15-7-11(17(20)23)2-1-10(15)8-16(21)22/h1-4,7-9,22H,5-6H2,(H2,20,23). The largest absolute Gasteiger partial charge is 0.494 e. The Bertz CT molecular complexity index is 924. The lowest BCUT2D eigenvalue weighted by atomic mass is 10.1. The summed E-state index contributed by atoms with van der Waals surface area (Å²) in [4.78, 5) is 11.3. The molecule has 0 aliphatic rings. The summed E-state index contributed by atoms with van der Waals surface area (Å²) >= 11 is 5.62. The van der Waals surface area contributed by atoms with Crippen molar-refractivity contribution >= 4 is 28.4 Å². The zero-order valence-corrected chi connectivity index (χ0v) is 13.3. The van der Waals surface area contributed by atoms with E-state index in [9.17, 15) is 14.3 Å². The first-order valence-corrected chi connectivity index (χ1v) is 7.53. The van der Waals surface area contributed by atoms with Gasteiger partial charge in [0.15, 0.2) is 5.88 Å². The van der Waals surface area contributed by atoms with Crippen LogP contribution in [0.1, 0.15) is 10.4 Å². The molecule has 0 bridgehead atoms. The molecule has 5 nitrogen and oxygen atoms in total. The number of amides is 1. The minimum Gasteiger partial charge on any atom is -0.494 e. The number of ether oxygens (including phenoxy) is 1. The summed E-state index contributed by atoms with van der Waals surface area (Å²) in [6, 6.07) is 10.7. The summed E-state index contributed by atoms with van der Waals surface area (Å²) in [5.41, 5.74) is 6.29. The van der Waals surface area contributed by atoms with Crippen LogP contribution in [0.25, 0.3) is 10.9 Å². The number of hydrogen-bond donors (Lipinski definition) is 2. The number of nitrogens with two attached hydrogens (primary N) is 1. The van der Waals surface area contributed by atoms with Crippen LogP contribution in [0, 0.1) is 5.82 Å². The maximum atomic E-state index is 13.4. The normalized spacial score (nSPS) is 10.9. The fourth-order valence-corrected chi connectivity index (χ4v) is 2.57. The van der Waals surface area contributed by atoms with Crippen LogP contribution in [0.3, 0.4) is 0 Å². The number of halogens is 2. The predicted molar refractivity (Wildman–Crippen MR) is 89.0 cm³/mol. The Hall–Kier alpha value is -2.73. The number of aromatic hydroxyl groups is 1. The van der Waals surface area contributed by atoms with E-state index < -0.39 is 11.7 Å². The van der Waals surface area contributed by atoms with Crippen LogP contribution in [0.15, 0.2) is 42.5 Å². The quantitative estimate of drug-likeness (QED) is 0.742. The van der Waals surface area contributed by atoms with E-state index in [1.54, 1.807) is 34.9 Å². The molecule has 0 saturated carbocycles. The molecule has 0 radical (unpaired) electrons. The highest BCUT2D eigenvalue weighted by atomic mass is 35.5. The highest BCUT2D eigenvalue weighted by Gasteiger charge is 2.11. The number of hydrogen-bond acceptors (Lipinski definition) is 3. The van der Waals surface area contributed by atoms with Gasteiger partial charge < -0.3 is 20.1 Å². The van der Waals surface area contributed by atoms with Crippen molar-refractivity contribution in [3.05, 3.63) is 58.9 Å². The zero-order chi connectivity index (χ0) is 17.3. The van der Waals surface area contributed by atoms with E-state index >= 15 is 0 Å². The molecule has 0 saturated heterocycles. The molecule has 3 rings (SSSR count). The number of rotatable bonds is 5. The molecule has 1 amide bonds. The van der Waals surface area contributed by atoms with Gasteiger partial charge in [-0.1, -0.05) is 17.7 Å². The maximum Gasteiger partial charge on any atom is 0.248 e. The second-order valence-electron chi connectivity index (χ2n) is 5.22. The van der Waals surface area contributed by atoms with Crippen molar-refractivity contribution in [1.82, 2.24) is 4.57 Å². The van der Waals surface area contributed by atoms with E-state index in [0.29, 0.717) is 23.4 Å². The van der Waals surface area contributed by atoms with Crippen molar-refractivity contribution in [3.8, 4) is 11.6 Å². The first-order valence-electron chi connectivity index (χ1n) is 7.15. The van der Waals surface area contributed by atoms with Crippen molar-refractivity contribution in [2.75, 3.05) is 6.61 Å². The minimum atomic E-state index is -0.561. The zero-order valence-electron chi connectivity index (χ0n) is 12.5. The van der Waals surface area contributed by atoms with Gasteiger partial charge in [0.1, 0.15) is 18.2 Å². The second-order valence-corrected chi connectivity index (χ2v) is 5.62. The molecule has 124 valence electrons. The lowest BCUT2D eigenvalue weighted by Gasteiger charge is -2.10. The third kappa shape index (κ3) is 3.14. The summed E-state index contributed by atoms with van der Waals surface area (Å²) in [7, 11) is 0. The van der Waals surface area contributed by atoms with Crippen molar-refractivity contribution in [2.45, 2.75) is 6.54 Å². The molecule has 3 N–H and O–H groups in total. The van der Waals surface area contributed by atoms with E-state index in [0.717, 1.165) is 5.39 Å². The van der Waals surface area contributed by atoms with Gasteiger partial charge in [-0.2, -0.15) is 0 Å². The van der Waals surface area contributed by atoms with Crippen LogP contribution < -0.4 is 10.5 Å². The van der Waals surface area contributed by atoms with Gasteiger partial charge in [0.05, 0.1) is 17.1 Å². The molecule has 0 atom stereocenters. The Morgan fingerprint density at radius 3 is 2.75 bits per heavy atom. The Morgan fingerprint density at radius 2 is 2.04 bits per heavy atom. The molecular formula is C17H14ClFN2O3. The molecule has 3 aromatic rings. The van der Waals surface area contributed by atoms with Gasteiger partial charge in [0, 0.05) is 23.1 Å². The summed E-state index contributed by atoms with van der Waals surface area (Å²) in [5.74, 6) is -0.727. The van der Waals surface area contributed by atoms with Gasteiger partial charge in [-0.3, -0.25) is 4.79 Å². The van der Waals surface area contributed by atoms with E-state index in [1.807, 2.05) is 0 Å². The number of primary amides is 1. The Labute approximate surface area is 142 Å². The van der Waals surface area contributed by atoms with Crippen LogP contribution in [0.2, 0.25) is 5.02 Å². The van der Waals surface area contributed by atoms with Crippen molar-refractivity contribution in [1.29, 1.82) is 0 Å². The predicted octanol–water partition coefficient (Wildman–Crippen LogP) is 3.32. The first kappa shape index (κ1) is 16.1. The van der Waals surface area contributed by atoms with Crippen molar-refractivity contribution < 1.29 is 19.0 Å². The highest BCUT2D eigenvalue weighted by molar-refractivity contribution is 6.30. The molecule has 24 heavy (non-hydrogen) atoms. The van der Waals surface area contributed by atoms with E-state index in [1.165, 1.54) is 12.1 Å².